The summed E-state index contributed by atoms with van der Waals surface area (Å²) >= 11 is 1.01. The molecule has 3 atom stereocenters. The molecular formula is C32H41F3N6OS. The van der Waals surface area contributed by atoms with Crippen molar-refractivity contribution in [1.82, 2.24) is 15.5 Å². The van der Waals surface area contributed by atoms with Crippen LogP contribution >= 0.6 is 11.3 Å². The summed E-state index contributed by atoms with van der Waals surface area (Å²) in [5.41, 5.74) is 9.30. The van der Waals surface area contributed by atoms with Gasteiger partial charge in [0.1, 0.15) is 29.1 Å². The Morgan fingerprint density at radius 1 is 1.12 bits per heavy atom. The van der Waals surface area contributed by atoms with E-state index in [0.717, 1.165) is 79.7 Å². The lowest BCUT2D eigenvalue weighted by Crippen LogP contribution is -2.42. The molecule has 11 heteroatoms. The number of hydrogen-bond acceptors (Lipinski definition) is 8. The number of ether oxygens (including phenoxy) is 1. The van der Waals surface area contributed by atoms with E-state index < -0.39 is 29.9 Å². The molecular weight excluding hydrogens is 573 g/mol. The van der Waals surface area contributed by atoms with Gasteiger partial charge in [-0.15, -0.1) is 11.3 Å². The zero-order valence-corrected chi connectivity index (χ0v) is 25.8. The van der Waals surface area contributed by atoms with Crippen molar-refractivity contribution >= 4 is 28.1 Å². The molecule has 7 nitrogen and oxygen atoms in total. The molecule has 0 bridgehead atoms. The average molecular weight is 615 g/mol. The van der Waals surface area contributed by atoms with Gasteiger partial charge < -0.3 is 26.0 Å². The summed E-state index contributed by atoms with van der Waals surface area (Å²) in [4.78, 5) is 7.11. The quantitative estimate of drug-likeness (QED) is 0.271. The van der Waals surface area contributed by atoms with Crippen molar-refractivity contribution in [2.24, 2.45) is 4.99 Å². The first-order chi connectivity index (χ1) is 20.9. The largest absolute Gasteiger partial charge is 0.389 e. The number of alkyl halides is 1. The van der Waals surface area contributed by atoms with Gasteiger partial charge in [-0.05, 0) is 36.8 Å². The van der Waals surface area contributed by atoms with Gasteiger partial charge in [0, 0.05) is 42.2 Å². The molecule has 0 saturated carbocycles. The van der Waals surface area contributed by atoms with E-state index in [2.05, 4.69) is 28.5 Å². The van der Waals surface area contributed by atoms with Gasteiger partial charge in [-0.1, -0.05) is 46.0 Å². The van der Waals surface area contributed by atoms with Crippen molar-refractivity contribution < 1.29 is 17.9 Å². The van der Waals surface area contributed by atoms with E-state index in [1.165, 1.54) is 25.5 Å². The number of unbranched alkanes of at least 4 members (excludes halogenated alkanes) is 3. The number of rotatable bonds is 8. The van der Waals surface area contributed by atoms with Crippen LogP contribution in [-0.2, 0) is 4.74 Å². The molecule has 5 aliphatic rings. The zero-order chi connectivity index (χ0) is 30.5. The highest BCUT2D eigenvalue weighted by Crippen LogP contribution is 2.50. The second-order valence-electron chi connectivity index (χ2n) is 11.5. The van der Waals surface area contributed by atoms with Crippen LogP contribution in [0.2, 0.25) is 0 Å². The van der Waals surface area contributed by atoms with Crippen LogP contribution in [0, 0.1) is 11.3 Å². The Morgan fingerprint density at radius 3 is 2.60 bits per heavy atom. The van der Waals surface area contributed by atoms with Gasteiger partial charge in [-0.25, -0.2) is 18.2 Å². The Kier molecular flexibility index (Phi) is 10.2. The van der Waals surface area contributed by atoms with Crippen molar-refractivity contribution in [2.75, 3.05) is 32.0 Å². The van der Waals surface area contributed by atoms with Crippen LogP contribution in [0.15, 0.2) is 45.5 Å². The molecule has 1 aliphatic carbocycles. The zero-order valence-electron chi connectivity index (χ0n) is 24.9. The highest BCUT2D eigenvalue weighted by molar-refractivity contribution is 7.17. The Balaban J connectivity index is 0.000000288. The van der Waals surface area contributed by atoms with E-state index in [4.69, 9.17) is 15.5 Å². The predicted octanol–water partition coefficient (Wildman–Crippen LogP) is 7.08. The molecule has 0 amide bonds. The predicted molar refractivity (Wildman–Crippen MR) is 166 cm³/mol. The average Bonchev–Trinajstić information content (AvgIpc) is 3.77. The number of hydrogen-bond donors (Lipinski definition) is 3. The Labute approximate surface area is 256 Å². The van der Waals surface area contributed by atoms with Crippen LogP contribution in [0.4, 0.5) is 18.2 Å². The second-order valence-corrected chi connectivity index (χ2v) is 12.6. The van der Waals surface area contributed by atoms with Crippen LogP contribution in [-0.4, -0.2) is 49.4 Å². The van der Waals surface area contributed by atoms with E-state index in [1.54, 1.807) is 0 Å². The van der Waals surface area contributed by atoms with Crippen LogP contribution < -0.4 is 16.4 Å². The monoisotopic (exact) mass is 614 g/mol. The number of thiophene rings is 1. The minimum atomic E-state index is -0.801. The Morgan fingerprint density at radius 2 is 1.88 bits per heavy atom. The number of nitriles is 1. The van der Waals surface area contributed by atoms with E-state index >= 15 is 4.39 Å². The van der Waals surface area contributed by atoms with Gasteiger partial charge in [0.05, 0.1) is 29.7 Å². The van der Waals surface area contributed by atoms with Crippen molar-refractivity contribution in [2.45, 2.75) is 89.9 Å². The van der Waals surface area contributed by atoms with Crippen LogP contribution in [0.1, 0.15) is 93.7 Å². The van der Waals surface area contributed by atoms with E-state index in [9.17, 15) is 14.0 Å². The minimum absolute atomic E-state index is 0.181. The fourth-order valence-corrected chi connectivity index (χ4v) is 7.31. The lowest BCUT2D eigenvalue weighted by molar-refractivity contribution is 0.205. The first-order valence-electron chi connectivity index (χ1n) is 15.5. The van der Waals surface area contributed by atoms with Gasteiger partial charge in [0.2, 0.25) is 0 Å². The van der Waals surface area contributed by atoms with E-state index in [-0.39, 0.29) is 22.0 Å². The summed E-state index contributed by atoms with van der Waals surface area (Å²) < 4.78 is 49.3. The van der Waals surface area contributed by atoms with Crippen molar-refractivity contribution in [1.29, 1.82) is 5.26 Å². The summed E-state index contributed by atoms with van der Waals surface area (Å²) in [6.07, 6.45) is 12.0. The van der Waals surface area contributed by atoms with E-state index in [1.807, 2.05) is 13.1 Å². The molecule has 3 unspecified atom stereocenters. The summed E-state index contributed by atoms with van der Waals surface area (Å²) in [6, 6.07) is 0.522. The molecule has 4 N–H and O–H groups in total. The number of aliphatic imine (C=N–C) groups is 1. The molecule has 43 heavy (non-hydrogen) atoms. The number of likely N-dealkylation sites (tertiary alicyclic amines) is 1. The molecule has 1 saturated heterocycles. The molecule has 0 aromatic carbocycles. The number of fused-ring (bicyclic) bond motifs is 3. The number of nitrogens with two attached hydrogens (primary N) is 1. The highest BCUT2D eigenvalue weighted by Gasteiger charge is 2.43. The SMILES string of the molecule is CCCCCCC(F)CCC.N#Cc1c(N)sc2c1C(C1=C(F)C3N=C(N4CCCC4)NC=C3C3=C1COC3)NC=C2F. The lowest BCUT2D eigenvalue weighted by Gasteiger charge is -2.34. The Bertz CT molecular complexity index is 1400. The third-order valence-electron chi connectivity index (χ3n) is 8.56. The van der Waals surface area contributed by atoms with Gasteiger partial charge >= 0.3 is 0 Å². The lowest BCUT2D eigenvalue weighted by atomic mass is 9.79. The summed E-state index contributed by atoms with van der Waals surface area (Å²) in [5.74, 6) is -0.263. The third-order valence-corrected chi connectivity index (χ3v) is 9.61. The fourth-order valence-electron chi connectivity index (χ4n) is 6.34. The number of anilines is 1. The molecule has 0 radical (unpaired) electrons. The number of nitrogens with one attached hydrogen (secondary N) is 2. The second kappa shape index (κ2) is 14.0. The maximum absolute atomic E-state index is 16.2. The molecule has 5 heterocycles. The maximum atomic E-state index is 16.2. The smallest absolute Gasteiger partial charge is 0.199 e. The number of halogens is 3. The summed E-state index contributed by atoms with van der Waals surface area (Å²) in [7, 11) is 0. The van der Waals surface area contributed by atoms with Crippen molar-refractivity contribution in [3.05, 3.63) is 56.5 Å². The minimum Gasteiger partial charge on any atom is -0.389 e. The molecule has 4 aliphatic heterocycles. The van der Waals surface area contributed by atoms with Crippen LogP contribution in [0.5, 0.6) is 0 Å². The molecule has 1 fully saturated rings. The number of nitrogen functional groups attached to an aromatic ring is 1. The first-order valence-corrected chi connectivity index (χ1v) is 16.3. The van der Waals surface area contributed by atoms with Crippen LogP contribution in [0.3, 0.4) is 0 Å². The summed E-state index contributed by atoms with van der Waals surface area (Å²) in [5, 5.41) is 16.1. The molecule has 0 spiro atoms. The van der Waals surface area contributed by atoms with Gasteiger partial charge in [-0.2, -0.15) is 5.26 Å². The third kappa shape index (κ3) is 6.36. The Hall–Kier alpha value is -3.23. The molecule has 1 aromatic rings. The van der Waals surface area contributed by atoms with Crippen molar-refractivity contribution in [3.8, 4) is 6.07 Å². The standard InChI is InChI=1S/C22H20F2N6OS.C10H21F/c23-14-7-27-19(16-10(5-25)21(26)32-20(14)16)15-13-9-31-8-12(13)11-6-28-22(29-18(11)17(15)24)30-3-1-2-4-30;1-3-5-6-7-9-10(11)8-4-2/h6-7,18-19,27H,1-4,8-9,26H2,(H,28,29);10H,3-9H2,1-2H3. The van der Waals surface area contributed by atoms with Gasteiger partial charge in [-0.3, -0.25) is 0 Å². The topological polar surface area (TPSA) is 98.7 Å². The summed E-state index contributed by atoms with van der Waals surface area (Å²) in [6.45, 7) is 6.58. The molecule has 1 aromatic heterocycles. The normalized spacial score (nSPS) is 23.1. The highest BCUT2D eigenvalue weighted by atomic mass is 32.1. The van der Waals surface area contributed by atoms with Gasteiger partial charge in [0.15, 0.2) is 11.8 Å². The van der Waals surface area contributed by atoms with Crippen LogP contribution in [0.25, 0.3) is 5.83 Å². The van der Waals surface area contributed by atoms with Crippen molar-refractivity contribution in [3.63, 3.8) is 0 Å². The molecule has 232 valence electrons. The number of nitrogens with zero attached hydrogens (tertiary/aromatic N) is 3. The molecule has 6 rings (SSSR count). The number of guanidine groups is 1. The van der Waals surface area contributed by atoms with E-state index in [0.29, 0.717) is 23.7 Å². The first kappa shape index (κ1) is 31.2. The maximum Gasteiger partial charge on any atom is 0.199 e. The fraction of sp³-hybridized carbons (Fsp3) is 0.562. The van der Waals surface area contributed by atoms with Gasteiger partial charge in [0.25, 0.3) is 0 Å².